The summed E-state index contributed by atoms with van der Waals surface area (Å²) in [4.78, 5) is 30.7. The maximum absolute atomic E-state index is 13.2. The highest BCUT2D eigenvalue weighted by atomic mass is 32.1. The largest absolute Gasteiger partial charge is 0.466 e. The van der Waals surface area contributed by atoms with Gasteiger partial charge in [0.25, 0.3) is 0 Å². The smallest absolute Gasteiger partial charge is 0.337 e. The van der Waals surface area contributed by atoms with Gasteiger partial charge in [-0.2, -0.15) is 0 Å². The summed E-state index contributed by atoms with van der Waals surface area (Å²) in [7, 11) is 1.34. The number of aromatic nitrogens is 2. The SMILES string of the molecule is COC(=O)C1=C(C)NC(C)=C(C(=O)OCC=Cc2ccc(Cn3ccnc3)cc2)C1c1cccs1. The molecule has 0 spiro atoms. The number of allylic oxidation sites excluding steroid dienone is 2. The molecule has 3 aromatic rings. The van der Waals surface area contributed by atoms with Crippen molar-refractivity contribution in [2.75, 3.05) is 13.7 Å². The van der Waals surface area contributed by atoms with Gasteiger partial charge in [-0.15, -0.1) is 11.3 Å². The molecule has 8 heteroatoms. The molecular formula is C27H27N3O4S. The number of benzene rings is 1. The number of methoxy groups -OCH3 is 1. The summed E-state index contributed by atoms with van der Waals surface area (Å²) in [5.41, 5.74) is 4.34. The van der Waals surface area contributed by atoms with Gasteiger partial charge in [0.15, 0.2) is 0 Å². The highest BCUT2D eigenvalue weighted by Crippen LogP contribution is 2.40. The summed E-state index contributed by atoms with van der Waals surface area (Å²) in [5.74, 6) is -1.48. The Morgan fingerprint density at radius 2 is 1.86 bits per heavy atom. The molecule has 3 heterocycles. The number of rotatable bonds is 8. The van der Waals surface area contributed by atoms with E-state index < -0.39 is 17.9 Å². The van der Waals surface area contributed by atoms with Gasteiger partial charge in [0.2, 0.25) is 0 Å². The minimum atomic E-state index is -0.539. The second-order valence-corrected chi connectivity index (χ2v) is 9.10. The highest BCUT2D eigenvalue weighted by molar-refractivity contribution is 7.10. The number of ether oxygens (including phenoxy) is 2. The average Bonchev–Trinajstić information content (AvgIpc) is 3.56. The zero-order chi connectivity index (χ0) is 24.8. The van der Waals surface area contributed by atoms with E-state index in [1.165, 1.54) is 24.0 Å². The summed E-state index contributed by atoms with van der Waals surface area (Å²) in [6.45, 7) is 4.49. The Kier molecular flexibility index (Phi) is 7.62. The van der Waals surface area contributed by atoms with Crippen LogP contribution >= 0.6 is 11.3 Å². The number of dihydropyridines is 1. The van der Waals surface area contributed by atoms with Crippen molar-refractivity contribution in [3.8, 4) is 0 Å². The van der Waals surface area contributed by atoms with Crippen molar-refractivity contribution in [1.82, 2.24) is 14.9 Å². The fraction of sp³-hybridized carbons (Fsp3) is 0.222. The summed E-state index contributed by atoms with van der Waals surface area (Å²) in [6, 6.07) is 12.0. The van der Waals surface area contributed by atoms with Crippen LogP contribution in [0.1, 0.15) is 35.8 Å². The van der Waals surface area contributed by atoms with Crippen LogP contribution in [0.15, 0.2) is 89.1 Å². The first-order valence-electron chi connectivity index (χ1n) is 11.2. The number of nitrogens with one attached hydrogen (secondary N) is 1. The van der Waals surface area contributed by atoms with Crippen molar-refractivity contribution in [3.63, 3.8) is 0 Å². The average molecular weight is 490 g/mol. The number of thiophene rings is 1. The lowest BCUT2D eigenvalue weighted by atomic mass is 9.84. The first-order chi connectivity index (χ1) is 17.0. The van der Waals surface area contributed by atoms with E-state index in [1.54, 1.807) is 18.6 Å². The molecule has 0 amide bonds. The van der Waals surface area contributed by atoms with E-state index >= 15 is 0 Å². The highest BCUT2D eigenvalue weighted by Gasteiger charge is 2.38. The van der Waals surface area contributed by atoms with Crippen molar-refractivity contribution in [2.24, 2.45) is 0 Å². The van der Waals surface area contributed by atoms with E-state index in [1.807, 2.05) is 60.3 Å². The minimum Gasteiger partial charge on any atom is -0.466 e. The molecule has 0 fully saturated rings. The van der Waals surface area contributed by atoms with E-state index in [4.69, 9.17) is 9.47 Å². The Morgan fingerprint density at radius 1 is 1.11 bits per heavy atom. The van der Waals surface area contributed by atoms with Crippen LogP contribution in [0.3, 0.4) is 0 Å². The Balaban J connectivity index is 1.43. The molecule has 0 aliphatic carbocycles. The molecule has 0 radical (unpaired) electrons. The third-order valence-corrected chi connectivity index (χ3v) is 6.68. The van der Waals surface area contributed by atoms with Gasteiger partial charge < -0.3 is 19.4 Å². The molecule has 180 valence electrons. The van der Waals surface area contributed by atoms with Crippen molar-refractivity contribution in [2.45, 2.75) is 26.3 Å². The van der Waals surface area contributed by atoms with Gasteiger partial charge in [-0.1, -0.05) is 36.4 Å². The van der Waals surface area contributed by atoms with Gasteiger partial charge in [-0.05, 0) is 42.5 Å². The minimum absolute atomic E-state index is 0.111. The monoisotopic (exact) mass is 489 g/mol. The topological polar surface area (TPSA) is 82.5 Å². The lowest BCUT2D eigenvalue weighted by Gasteiger charge is -2.29. The van der Waals surface area contributed by atoms with Crippen LogP contribution in [-0.2, 0) is 25.6 Å². The first kappa shape index (κ1) is 24.2. The van der Waals surface area contributed by atoms with Crippen molar-refractivity contribution in [3.05, 3.63) is 105 Å². The van der Waals surface area contributed by atoms with E-state index in [0.29, 0.717) is 22.5 Å². The van der Waals surface area contributed by atoms with Gasteiger partial charge in [0.05, 0.1) is 30.5 Å². The molecule has 2 aromatic heterocycles. The maximum Gasteiger partial charge on any atom is 0.337 e. The van der Waals surface area contributed by atoms with Crippen molar-refractivity contribution >= 4 is 29.4 Å². The normalized spacial score (nSPS) is 15.9. The molecular weight excluding hydrogens is 462 g/mol. The molecule has 1 aromatic carbocycles. The predicted octanol–water partition coefficient (Wildman–Crippen LogP) is 4.66. The van der Waals surface area contributed by atoms with Crippen molar-refractivity contribution in [1.29, 1.82) is 0 Å². The Morgan fingerprint density at radius 3 is 2.49 bits per heavy atom. The van der Waals surface area contributed by atoms with Gasteiger partial charge >= 0.3 is 11.9 Å². The predicted molar refractivity (Wildman–Crippen MR) is 135 cm³/mol. The molecule has 35 heavy (non-hydrogen) atoms. The third kappa shape index (κ3) is 5.60. The lowest BCUT2D eigenvalue weighted by molar-refractivity contribution is -0.138. The van der Waals surface area contributed by atoms with Gasteiger partial charge in [-0.3, -0.25) is 0 Å². The third-order valence-electron chi connectivity index (χ3n) is 5.74. The van der Waals surface area contributed by atoms with E-state index in [0.717, 1.165) is 17.0 Å². The van der Waals surface area contributed by atoms with Crippen molar-refractivity contribution < 1.29 is 19.1 Å². The molecule has 4 rings (SSSR count). The number of hydrogen-bond donors (Lipinski definition) is 1. The standard InChI is InChI=1S/C27H27N3O4S/c1-18-23(26(31)33-3)25(22-7-5-15-35-22)24(19(2)29-18)27(32)34-14-4-6-20-8-10-21(11-9-20)16-30-13-12-28-17-30/h4-13,15,17,25,29H,14,16H2,1-3H3. The van der Waals surface area contributed by atoms with Crippen LogP contribution in [-0.4, -0.2) is 35.2 Å². The second kappa shape index (κ2) is 11.0. The number of carbonyl (C=O) groups is 2. The number of nitrogens with zero attached hydrogens (tertiary/aromatic N) is 2. The van der Waals surface area contributed by atoms with Crippen LogP contribution < -0.4 is 5.32 Å². The molecule has 0 bridgehead atoms. The second-order valence-electron chi connectivity index (χ2n) is 8.12. The van der Waals surface area contributed by atoms with Gasteiger partial charge in [0.1, 0.15) is 6.61 Å². The molecule has 7 nitrogen and oxygen atoms in total. The number of hydrogen-bond acceptors (Lipinski definition) is 7. The van der Waals surface area contributed by atoms with Gasteiger partial charge in [-0.25, -0.2) is 14.6 Å². The van der Waals surface area contributed by atoms with Gasteiger partial charge in [0, 0.05) is 35.2 Å². The first-order valence-corrected chi connectivity index (χ1v) is 12.0. The zero-order valence-corrected chi connectivity index (χ0v) is 20.7. The molecule has 1 unspecified atom stereocenters. The molecule has 1 aliphatic heterocycles. The van der Waals surface area contributed by atoms with Crippen LogP contribution in [0.4, 0.5) is 0 Å². The number of esters is 2. The Bertz CT molecular complexity index is 1270. The fourth-order valence-electron chi connectivity index (χ4n) is 4.10. The summed E-state index contributed by atoms with van der Waals surface area (Å²) in [6.07, 6.45) is 9.19. The number of carbonyl (C=O) groups excluding carboxylic acids is 2. The van der Waals surface area contributed by atoms with E-state index in [9.17, 15) is 9.59 Å². The number of imidazole rings is 1. The van der Waals surface area contributed by atoms with Crippen LogP contribution in [0.5, 0.6) is 0 Å². The molecule has 1 N–H and O–H groups in total. The molecule has 0 saturated carbocycles. The molecule has 0 saturated heterocycles. The fourth-order valence-corrected chi connectivity index (χ4v) is 4.94. The zero-order valence-electron chi connectivity index (χ0n) is 19.9. The summed E-state index contributed by atoms with van der Waals surface area (Å²) < 4.78 is 12.6. The van der Waals surface area contributed by atoms with Crippen LogP contribution in [0.2, 0.25) is 0 Å². The Hall–Kier alpha value is -3.91. The Labute approximate surface area is 208 Å². The quantitative estimate of drug-likeness (QED) is 0.464. The van der Waals surface area contributed by atoms with Crippen LogP contribution in [0.25, 0.3) is 6.08 Å². The van der Waals surface area contributed by atoms with E-state index in [-0.39, 0.29) is 6.61 Å². The maximum atomic E-state index is 13.2. The van der Waals surface area contributed by atoms with E-state index in [2.05, 4.69) is 22.4 Å². The molecule has 1 aliphatic rings. The van der Waals surface area contributed by atoms with Crippen LogP contribution in [0, 0.1) is 0 Å². The summed E-state index contributed by atoms with van der Waals surface area (Å²) >= 11 is 1.48. The molecule has 1 atom stereocenters. The summed E-state index contributed by atoms with van der Waals surface area (Å²) in [5, 5.41) is 5.06. The lowest BCUT2D eigenvalue weighted by Crippen LogP contribution is -2.32.